The van der Waals surface area contributed by atoms with Crippen LogP contribution in [-0.2, 0) is 4.79 Å². The average Bonchev–Trinajstić information content (AvgIpc) is 2.39. The Morgan fingerprint density at radius 3 is 2.05 bits per heavy atom. The first-order chi connectivity index (χ1) is 8.99. The van der Waals surface area contributed by atoms with Crippen molar-refractivity contribution in [2.45, 2.75) is 39.2 Å². The van der Waals surface area contributed by atoms with E-state index < -0.39 is 5.54 Å². The third kappa shape index (κ3) is 9.38. The normalized spacial score (nSPS) is 18.2. The number of carbonyl (C=O) groups is 1. The van der Waals surface area contributed by atoms with E-state index in [0.717, 1.165) is 52.1 Å². The molecule has 22 heavy (non-hydrogen) atoms. The summed E-state index contributed by atoms with van der Waals surface area (Å²) in [5, 5.41) is 2.96. The van der Waals surface area contributed by atoms with Crippen LogP contribution < -0.4 is 11.1 Å². The van der Waals surface area contributed by atoms with Crippen LogP contribution in [0.15, 0.2) is 0 Å². The molecule has 1 saturated heterocycles. The van der Waals surface area contributed by atoms with Crippen LogP contribution in [0, 0.1) is 0 Å². The summed E-state index contributed by atoms with van der Waals surface area (Å²) in [6, 6.07) is 0. The van der Waals surface area contributed by atoms with Gasteiger partial charge in [-0.25, -0.2) is 0 Å². The van der Waals surface area contributed by atoms with Gasteiger partial charge in [-0.2, -0.15) is 0 Å². The van der Waals surface area contributed by atoms with E-state index in [2.05, 4.69) is 22.0 Å². The number of hydrogen-bond donors (Lipinski definition) is 2. The van der Waals surface area contributed by atoms with Crippen molar-refractivity contribution in [2.24, 2.45) is 5.73 Å². The smallest absolute Gasteiger partial charge is 0.239 e. The minimum atomic E-state index is -0.727. The molecular weight excluding hydrogens is 347 g/mol. The quantitative estimate of drug-likeness (QED) is 0.704. The summed E-state index contributed by atoms with van der Waals surface area (Å²) in [5.41, 5.74) is 5.27. The molecule has 8 heteroatoms. The van der Waals surface area contributed by atoms with Gasteiger partial charge in [0.2, 0.25) is 5.91 Å². The summed E-state index contributed by atoms with van der Waals surface area (Å²) in [6.45, 7) is 13.3. The van der Waals surface area contributed by atoms with Gasteiger partial charge >= 0.3 is 0 Å². The maximum absolute atomic E-state index is 11.9. The van der Waals surface area contributed by atoms with Gasteiger partial charge < -0.3 is 16.0 Å². The molecule has 0 aromatic carbocycles. The molecule has 0 spiro atoms. The molecule has 1 fully saturated rings. The molecule has 1 amide bonds. The van der Waals surface area contributed by atoms with Crippen molar-refractivity contribution in [3.05, 3.63) is 0 Å². The van der Waals surface area contributed by atoms with E-state index in [1.807, 2.05) is 13.8 Å². The van der Waals surface area contributed by atoms with Crippen molar-refractivity contribution in [2.75, 3.05) is 45.8 Å². The van der Waals surface area contributed by atoms with Gasteiger partial charge in [-0.1, -0.05) is 20.3 Å². The fraction of sp³-hybridized carbons (Fsp3) is 0.929. The molecule has 0 aromatic heterocycles. The first-order valence-electron chi connectivity index (χ1n) is 7.51. The van der Waals surface area contributed by atoms with Crippen LogP contribution in [0.5, 0.6) is 0 Å². The predicted octanol–water partition coefficient (Wildman–Crippen LogP) is 1.52. The van der Waals surface area contributed by atoms with Gasteiger partial charge in [0.05, 0.1) is 5.54 Å². The number of likely N-dealkylation sites (N-methyl/N-ethyl adjacent to an activating group) is 1. The molecule has 136 valence electrons. The molecule has 0 saturated carbocycles. The minimum absolute atomic E-state index is 0. The Morgan fingerprint density at radius 1 is 1.09 bits per heavy atom. The molecular formula is C14H33Cl3N4O. The van der Waals surface area contributed by atoms with Gasteiger partial charge in [-0.3, -0.25) is 9.69 Å². The Bertz CT molecular complexity index is 285. The fourth-order valence-corrected chi connectivity index (χ4v) is 2.49. The Morgan fingerprint density at radius 2 is 1.59 bits per heavy atom. The lowest BCUT2D eigenvalue weighted by Gasteiger charge is -2.34. The van der Waals surface area contributed by atoms with E-state index >= 15 is 0 Å². The van der Waals surface area contributed by atoms with Crippen LogP contribution in [0.1, 0.15) is 33.6 Å². The topological polar surface area (TPSA) is 61.6 Å². The van der Waals surface area contributed by atoms with E-state index in [1.165, 1.54) is 0 Å². The zero-order chi connectivity index (χ0) is 14.3. The van der Waals surface area contributed by atoms with Crippen molar-refractivity contribution in [1.29, 1.82) is 0 Å². The van der Waals surface area contributed by atoms with E-state index in [4.69, 9.17) is 5.73 Å². The number of nitrogens with one attached hydrogen (secondary N) is 1. The van der Waals surface area contributed by atoms with E-state index in [-0.39, 0.29) is 43.1 Å². The lowest BCUT2D eigenvalue weighted by molar-refractivity contribution is -0.126. The largest absolute Gasteiger partial charge is 0.353 e. The van der Waals surface area contributed by atoms with Crippen molar-refractivity contribution in [3.8, 4) is 0 Å². The van der Waals surface area contributed by atoms with E-state index in [9.17, 15) is 4.79 Å². The summed E-state index contributed by atoms with van der Waals surface area (Å²) >= 11 is 0. The Kier molecular flexibility index (Phi) is 16.8. The highest BCUT2D eigenvalue weighted by Gasteiger charge is 2.26. The Hall–Kier alpha value is 0.220. The number of amides is 1. The van der Waals surface area contributed by atoms with Crippen LogP contribution >= 0.6 is 37.2 Å². The molecule has 1 heterocycles. The van der Waals surface area contributed by atoms with Gasteiger partial charge in [0.25, 0.3) is 0 Å². The molecule has 1 rings (SSSR count). The van der Waals surface area contributed by atoms with E-state index in [0.29, 0.717) is 6.54 Å². The van der Waals surface area contributed by atoms with Gasteiger partial charge in [0.15, 0.2) is 0 Å². The molecule has 1 aliphatic rings. The third-order valence-corrected chi connectivity index (χ3v) is 3.91. The first-order valence-corrected chi connectivity index (χ1v) is 7.51. The monoisotopic (exact) mass is 378 g/mol. The van der Waals surface area contributed by atoms with Gasteiger partial charge in [-0.15, -0.1) is 37.2 Å². The zero-order valence-electron chi connectivity index (χ0n) is 14.0. The third-order valence-electron chi connectivity index (χ3n) is 3.91. The maximum Gasteiger partial charge on any atom is 0.239 e. The summed E-state index contributed by atoms with van der Waals surface area (Å²) in [6.07, 6.45) is 1.66. The second-order valence-corrected chi connectivity index (χ2v) is 5.70. The summed E-state index contributed by atoms with van der Waals surface area (Å²) < 4.78 is 0. The van der Waals surface area contributed by atoms with Gasteiger partial charge in [-0.05, 0) is 19.9 Å². The molecule has 1 unspecified atom stereocenters. The molecule has 0 bridgehead atoms. The summed E-state index contributed by atoms with van der Waals surface area (Å²) in [5.74, 6) is -0.0263. The van der Waals surface area contributed by atoms with Crippen LogP contribution in [0.25, 0.3) is 0 Å². The Labute approximate surface area is 154 Å². The van der Waals surface area contributed by atoms with Crippen molar-refractivity contribution in [3.63, 3.8) is 0 Å². The van der Waals surface area contributed by atoms with Crippen molar-refractivity contribution in [1.82, 2.24) is 15.1 Å². The highest BCUT2D eigenvalue weighted by molar-refractivity contribution is 5.86. The lowest BCUT2D eigenvalue weighted by Crippen LogP contribution is -2.53. The SMILES string of the molecule is CCCC(C)(N)C(=O)NCCN1CCN(CC)CC1.Cl.Cl.Cl. The number of piperazine rings is 1. The number of rotatable bonds is 7. The number of carbonyl (C=O) groups excluding carboxylic acids is 1. The van der Waals surface area contributed by atoms with Crippen LogP contribution in [0.4, 0.5) is 0 Å². The van der Waals surface area contributed by atoms with E-state index in [1.54, 1.807) is 0 Å². The van der Waals surface area contributed by atoms with Crippen molar-refractivity contribution >= 4 is 43.1 Å². The second-order valence-electron chi connectivity index (χ2n) is 5.70. The predicted molar refractivity (Wildman–Crippen MR) is 101 cm³/mol. The molecule has 0 radical (unpaired) electrons. The highest BCUT2D eigenvalue weighted by Crippen LogP contribution is 2.08. The molecule has 3 N–H and O–H groups in total. The van der Waals surface area contributed by atoms with Crippen LogP contribution in [0.3, 0.4) is 0 Å². The number of halogens is 3. The van der Waals surface area contributed by atoms with Crippen molar-refractivity contribution < 1.29 is 4.79 Å². The molecule has 0 aromatic rings. The summed E-state index contributed by atoms with van der Waals surface area (Å²) in [4.78, 5) is 16.8. The summed E-state index contributed by atoms with van der Waals surface area (Å²) in [7, 11) is 0. The first kappa shape index (κ1) is 27.1. The maximum atomic E-state index is 11.9. The Balaban J connectivity index is -0.00000120. The standard InChI is InChI=1S/C14H30N4O.3ClH/c1-4-6-14(3,15)13(19)16-7-8-18-11-9-17(5-2)10-12-18;;;/h4-12,15H2,1-3H3,(H,16,19);3*1H. The molecule has 1 aliphatic heterocycles. The molecule has 5 nitrogen and oxygen atoms in total. The molecule has 0 aliphatic carbocycles. The molecule has 1 atom stereocenters. The fourth-order valence-electron chi connectivity index (χ4n) is 2.49. The second kappa shape index (κ2) is 13.6. The van der Waals surface area contributed by atoms with Gasteiger partial charge in [0, 0.05) is 39.3 Å². The van der Waals surface area contributed by atoms with Gasteiger partial charge in [0.1, 0.15) is 0 Å². The minimum Gasteiger partial charge on any atom is -0.353 e. The van der Waals surface area contributed by atoms with Crippen LogP contribution in [0.2, 0.25) is 0 Å². The highest BCUT2D eigenvalue weighted by atomic mass is 35.5. The lowest BCUT2D eigenvalue weighted by atomic mass is 9.96. The zero-order valence-corrected chi connectivity index (χ0v) is 16.4. The average molecular weight is 380 g/mol. The van der Waals surface area contributed by atoms with Crippen LogP contribution in [-0.4, -0.2) is 67.1 Å². The number of nitrogens with two attached hydrogens (primary N) is 1. The number of hydrogen-bond acceptors (Lipinski definition) is 4. The number of nitrogens with zero attached hydrogens (tertiary/aromatic N) is 2.